The summed E-state index contributed by atoms with van der Waals surface area (Å²) in [6.45, 7) is 7.22. The van der Waals surface area contributed by atoms with Gasteiger partial charge in [0.1, 0.15) is 0 Å². The lowest BCUT2D eigenvalue weighted by molar-refractivity contribution is -0.131. The van der Waals surface area contributed by atoms with Gasteiger partial charge in [-0.05, 0) is 37.9 Å². The van der Waals surface area contributed by atoms with Gasteiger partial charge in [-0.25, -0.2) is 0 Å². The van der Waals surface area contributed by atoms with E-state index in [2.05, 4.69) is 53.1 Å². The van der Waals surface area contributed by atoms with E-state index >= 15 is 0 Å². The van der Waals surface area contributed by atoms with Crippen LogP contribution in [-0.2, 0) is 4.79 Å². The number of unbranched alkanes of at least 4 members (excludes halogenated alkanes) is 5. The molecule has 0 unspecified atom stereocenters. The largest absolute Gasteiger partial charge is 0.338 e. The highest BCUT2D eigenvalue weighted by Crippen LogP contribution is 2.11. The minimum Gasteiger partial charge on any atom is -0.338 e. The molecule has 0 bridgehead atoms. The average Bonchev–Trinajstić information content (AvgIpc) is 3.21. The van der Waals surface area contributed by atoms with Crippen LogP contribution in [0.1, 0.15) is 70.3 Å². The standard InChI is InChI=1S/C24H38N2O/c1-2-3-4-5-6-10-17-24(27)26(22-21-25-18-11-12-19-25)20-13-16-23-14-8-7-9-15-23/h7-9,13-16H,2-6,10-12,17-22H2,1H3/b16-13+. The number of hydrogen-bond donors (Lipinski definition) is 0. The summed E-state index contributed by atoms with van der Waals surface area (Å²) in [5.74, 6) is 0.322. The van der Waals surface area contributed by atoms with E-state index in [0.29, 0.717) is 12.3 Å². The van der Waals surface area contributed by atoms with Crippen molar-refractivity contribution in [3.63, 3.8) is 0 Å². The van der Waals surface area contributed by atoms with Crippen molar-refractivity contribution in [2.24, 2.45) is 0 Å². The number of nitrogens with zero attached hydrogens (tertiary/aromatic N) is 2. The molecule has 0 aromatic heterocycles. The van der Waals surface area contributed by atoms with Crippen molar-refractivity contribution in [3.05, 3.63) is 42.0 Å². The molecular formula is C24H38N2O. The summed E-state index contributed by atoms with van der Waals surface area (Å²) < 4.78 is 0. The zero-order valence-corrected chi connectivity index (χ0v) is 17.2. The Labute approximate surface area is 166 Å². The third kappa shape index (κ3) is 9.23. The number of benzene rings is 1. The molecule has 1 heterocycles. The Morgan fingerprint density at radius 2 is 1.74 bits per heavy atom. The summed E-state index contributed by atoms with van der Waals surface area (Å²) in [4.78, 5) is 17.3. The smallest absolute Gasteiger partial charge is 0.222 e. The van der Waals surface area contributed by atoms with Crippen molar-refractivity contribution in [2.75, 3.05) is 32.7 Å². The molecule has 0 N–H and O–H groups in total. The van der Waals surface area contributed by atoms with Gasteiger partial charge in [0.05, 0.1) is 0 Å². The molecule has 1 aromatic rings. The zero-order chi connectivity index (χ0) is 19.2. The van der Waals surface area contributed by atoms with Crippen LogP contribution < -0.4 is 0 Å². The lowest BCUT2D eigenvalue weighted by Crippen LogP contribution is -2.38. The Hall–Kier alpha value is -1.61. The van der Waals surface area contributed by atoms with Crippen molar-refractivity contribution in [1.29, 1.82) is 0 Å². The Kier molecular flexibility index (Phi) is 10.9. The summed E-state index contributed by atoms with van der Waals surface area (Å²) in [5, 5.41) is 0. The fourth-order valence-corrected chi connectivity index (χ4v) is 3.68. The minimum absolute atomic E-state index is 0.322. The second-order valence-electron chi connectivity index (χ2n) is 7.72. The first-order chi connectivity index (χ1) is 13.3. The van der Waals surface area contributed by atoms with Crippen LogP contribution in [0, 0.1) is 0 Å². The van der Waals surface area contributed by atoms with Crippen LogP contribution in [0.4, 0.5) is 0 Å². The highest BCUT2D eigenvalue weighted by atomic mass is 16.2. The first-order valence-corrected chi connectivity index (χ1v) is 11.0. The number of rotatable bonds is 13. The fraction of sp³-hybridized carbons (Fsp3) is 0.625. The minimum atomic E-state index is 0.322. The second kappa shape index (κ2) is 13.5. The van der Waals surface area contributed by atoms with Crippen LogP contribution in [0.5, 0.6) is 0 Å². The van der Waals surface area contributed by atoms with Gasteiger partial charge in [-0.3, -0.25) is 4.79 Å². The van der Waals surface area contributed by atoms with Crippen molar-refractivity contribution in [2.45, 2.75) is 64.7 Å². The lowest BCUT2D eigenvalue weighted by Gasteiger charge is -2.24. The van der Waals surface area contributed by atoms with Crippen molar-refractivity contribution in [3.8, 4) is 0 Å². The maximum atomic E-state index is 12.8. The fourth-order valence-electron chi connectivity index (χ4n) is 3.68. The molecule has 1 amide bonds. The quantitative estimate of drug-likeness (QED) is 0.436. The molecule has 3 nitrogen and oxygen atoms in total. The SMILES string of the molecule is CCCCCCCCC(=O)N(C/C=C/c1ccccc1)CCN1CCCC1. The van der Waals surface area contributed by atoms with Crippen LogP contribution in [0.25, 0.3) is 6.08 Å². The van der Waals surface area contributed by atoms with Gasteiger partial charge in [-0.1, -0.05) is 81.5 Å². The molecule has 3 heteroatoms. The normalized spacial score (nSPS) is 14.9. The molecule has 0 atom stereocenters. The molecule has 0 aliphatic carbocycles. The van der Waals surface area contributed by atoms with Gasteiger partial charge in [-0.2, -0.15) is 0 Å². The number of amides is 1. The summed E-state index contributed by atoms with van der Waals surface area (Å²) in [7, 11) is 0. The molecule has 27 heavy (non-hydrogen) atoms. The summed E-state index contributed by atoms with van der Waals surface area (Å²) in [5.41, 5.74) is 1.19. The Balaban J connectivity index is 1.78. The van der Waals surface area contributed by atoms with Crippen molar-refractivity contribution >= 4 is 12.0 Å². The van der Waals surface area contributed by atoms with E-state index in [1.165, 1.54) is 63.6 Å². The number of carbonyl (C=O) groups excluding carboxylic acids is 1. The number of carbonyl (C=O) groups is 1. The molecule has 0 saturated carbocycles. The van der Waals surface area contributed by atoms with Gasteiger partial charge in [0.2, 0.25) is 5.91 Å². The van der Waals surface area contributed by atoms with E-state index < -0.39 is 0 Å². The molecule has 1 fully saturated rings. The topological polar surface area (TPSA) is 23.6 Å². The summed E-state index contributed by atoms with van der Waals surface area (Å²) in [6, 6.07) is 10.3. The molecule has 0 spiro atoms. The van der Waals surface area contributed by atoms with Crippen molar-refractivity contribution in [1.82, 2.24) is 9.80 Å². The zero-order valence-electron chi connectivity index (χ0n) is 17.2. The first-order valence-electron chi connectivity index (χ1n) is 11.0. The summed E-state index contributed by atoms with van der Waals surface area (Å²) in [6.07, 6.45) is 15.0. The van der Waals surface area contributed by atoms with Crippen LogP contribution in [-0.4, -0.2) is 48.4 Å². The van der Waals surface area contributed by atoms with E-state index in [4.69, 9.17) is 0 Å². The first kappa shape index (κ1) is 21.7. The van der Waals surface area contributed by atoms with Gasteiger partial charge in [0.25, 0.3) is 0 Å². The van der Waals surface area contributed by atoms with Gasteiger partial charge in [-0.15, -0.1) is 0 Å². The highest BCUT2D eigenvalue weighted by molar-refractivity contribution is 5.76. The Morgan fingerprint density at radius 3 is 2.48 bits per heavy atom. The molecular weight excluding hydrogens is 332 g/mol. The number of likely N-dealkylation sites (tertiary alicyclic amines) is 1. The predicted molar refractivity (Wildman–Crippen MR) is 116 cm³/mol. The van der Waals surface area contributed by atoms with Crippen LogP contribution in [0.3, 0.4) is 0 Å². The van der Waals surface area contributed by atoms with E-state index in [9.17, 15) is 4.79 Å². The second-order valence-corrected chi connectivity index (χ2v) is 7.72. The van der Waals surface area contributed by atoms with Gasteiger partial charge in [0, 0.05) is 26.1 Å². The van der Waals surface area contributed by atoms with E-state index in [0.717, 1.165) is 26.1 Å². The lowest BCUT2D eigenvalue weighted by atomic mass is 10.1. The van der Waals surface area contributed by atoms with Gasteiger partial charge >= 0.3 is 0 Å². The molecule has 1 aliphatic heterocycles. The van der Waals surface area contributed by atoms with Gasteiger partial charge in [0.15, 0.2) is 0 Å². The van der Waals surface area contributed by atoms with Crippen LogP contribution >= 0.6 is 0 Å². The van der Waals surface area contributed by atoms with Crippen molar-refractivity contribution < 1.29 is 4.79 Å². The summed E-state index contributed by atoms with van der Waals surface area (Å²) >= 11 is 0. The van der Waals surface area contributed by atoms with Crippen LogP contribution in [0.15, 0.2) is 36.4 Å². The van der Waals surface area contributed by atoms with Gasteiger partial charge < -0.3 is 9.80 Å². The van der Waals surface area contributed by atoms with Crippen LogP contribution in [0.2, 0.25) is 0 Å². The number of hydrogen-bond acceptors (Lipinski definition) is 2. The Morgan fingerprint density at radius 1 is 1.04 bits per heavy atom. The Bertz CT molecular complexity index is 535. The molecule has 0 radical (unpaired) electrons. The predicted octanol–water partition coefficient (Wildman–Crippen LogP) is 5.37. The maximum absolute atomic E-state index is 12.8. The maximum Gasteiger partial charge on any atom is 0.222 e. The molecule has 1 aliphatic rings. The molecule has 1 saturated heterocycles. The molecule has 2 rings (SSSR count). The monoisotopic (exact) mass is 370 g/mol. The van der Waals surface area contributed by atoms with E-state index in [1.54, 1.807) is 0 Å². The highest BCUT2D eigenvalue weighted by Gasteiger charge is 2.16. The molecule has 150 valence electrons. The van der Waals surface area contributed by atoms with E-state index in [-0.39, 0.29) is 0 Å². The van der Waals surface area contributed by atoms with E-state index in [1.807, 2.05) is 6.07 Å². The third-order valence-corrected chi connectivity index (χ3v) is 5.42. The third-order valence-electron chi connectivity index (χ3n) is 5.42. The average molecular weight is 371 g/mol. The molecule has 1 aromatic carbocycles.